The molecule has 106 valence electrons. The van der Waals surface area contributed by atoms with Crippen LogP contribution in [0.25, 0.3) is 0 Å². The lowest BCUT2D eigenvalue weighted by molar-refractivity contribution is -0.115. The Morgan fingerprint density at radius 1 is 1.37 bits per heavy atom. The molecule has 0 aliphatic rings. The van der Waals surface area contributed by atoms with Crippen LogP contribution in [0.2, 0.25) is 0 Å². The number of amides is 1. The molecule has 19 heavy (non-hydrogen) atoms. The average molecular weight is 349 g/mol. The SMILES string of the molecule is CCCS(=O)(=O)NCC(=O)Nc1ccc(C)c(Br)c1. The van der Waals surface area contributed by atoms with Crippen molar-refractivity contribution < 1.29 is 13.2 Å². The van der Waals surface area contributed by atoms with E-state index in [2.05, 4.69) is 26.0 Å². The third-order valence-electron chi connectivity index (χ3n) is 2.38. The molecule has 2 N–H and O–H groups in total. The van der Waals surface area contributed by atoms with Crippen LogP contribution in [-0.2, 0) is 14.8 Å². The monoisotopic (exact) mass is 348 g/mol. The molecule has 0 saturated heterocycles. The highest BCUT2D eigenvalue weighted by atomic mass is 79.9. The Kier molecular flexibility index (Phi) is 5.96. The minimum Gasteiger partial charge on any atom is -0.325 e. The summed E-state index contributed by atoms with van der Waals surface area (Å²) in [6, 6.07) is 5.40. The second kappa shape index (κ2) is 7.02. The number of halogens is 1. The molecule has 0 bridgehead atoms. The van der Waals surface area contributed by atoms with E-state index in [0.717, 1.165) is 10.0 Å². The van der Waals surface area contributed by atoms with Crippen molar-refractivity contribution in [3.05, 3.63) is 28.2 Å². The van der Waals surface area contributed by atoms with Crippen molar-refractivity contribution in [2.75, 3.05) is 17.6 Å². The molecular weight excluding hydrogens is 332 g/mol. The average Bonchev–Trinajstić information content (AvgIpc) is 2.32. The van der Waals surface area contributed by atoms with Gasteiger partial charge >= 0.3 is 0 Å². The van der Waals surface area contributed by atoms with E-state index < -0.39 is 15.9 Å². The Balaban J connectivity index is 2.54. The minimum absolute atomic E-state index is 0.0242. The molecule has 5 nitrogen and oxygen atoms in total. The van der Waals surface area contributed by atoms with Crippen LogP contribution in [0.5, 0.6) is 0 Å². The normalized spacial score (nSPS) is 11.3. The van der Waals surface area contributed by atoms with E-state index in [4.69, 9.17) is 0 Å². The van der Waals surface area contributed by atoms with E-state index in [1.807, 2.05) is 13.0 Å². The van der Waals surface area contributed by atoms with Crippen LogP contribution in [0.15, 0.2) is 22.7 Å². The van der Waals surface area contributed by atoms with Gasteiger partial charge in [0, 0.05) is 10.2 Å². The molecule has 0 unspecified atom stereocenters. The number of aryl methyl sites for hydroxylation is 1. The number of nitrogens with one attached hydrogen (secondary N) is 2. The van der Waals surface area contributed by atoms with Crippen LogP contribution in [0.4, 0.5) is 5.69 Å². The Labute approximate surface area is 122 Å². The van der Waals surface area contributed by atoms with Crippen LogP contribution in [0.1, 0.15) is 18.9 Å². The Bertz CT molecular complexity index is 558. The van der Waals surface area contributed by atoms with Gasteiger partial charge in [0.2, 0.25) is 15.9 Å². The van der Waals surface area contributed by atoms with Gasteiger partial charge in [-0.2, -0.15) is 0 Å². The summed E-state index contributed by atoms with van der Waals surface area (Å²) < 4.78 is 25.9. The van der Waals surface area contributed by atoms with Crippen LogP contribution in [0, 0.1) is 6.92 Å². The van der Waals surface area contributed by atoms with Gasteiger partial charge in [0.15, 0.2) is 0 Å². The van der Waals surface area contributed by atoms with Gasteiger partial charge in [-0.3, -0.25) is 4.79 Å². The molecule has 0 fully saturated rings. The highest BCUT2D eigenvalue weighted by molar-refractivity contribution is 9.10. The lowest BCUT2D eigenvalue weighted by Gasteiger charge is -2.08. The first-order chi connectivity index (χ1) is 8.84. The number of sulfonamides is 1. The Morgan fingerprint density at radius 2 is 2.05 bits per heavy atom. The number of hydrogen-bond donors (Lipinski definition) is 2. The second-order valence-corrected chi connectivity index (χ2v) is 6.93. The van der Waals surface area contributed by atoms with Crippen molar-refractivity contribution in [1.82, 2.24) is 4.72 Å². The molecule has 0 aliphatic heterocycles. The predicted octanol–water partition coefficient (Wildman–Crippen LogP) is 2.03. The summed E-state index contributed by atoms with van der Waals surface area (Å²) >= 11 is 3.36. The Hall–Kier alpha value is -0.920. The van der Waals surface area contributed by atoms with Crippen LogP contribution in [0.3, 0.4) is 0 Å². The first-order valence-corrected chi connectivity index (χ1v) is 8.32. The second-order valence-electron chi connectivity index (χ2n) is 4.15. The number of benzene rings is 1. The lowest BCUT2D eigenvalue weighted by Crippen LogP contribution is -2.34. The summed E-state index contributed by atoms with van der Waals surface area (Å²) in [5.74, 6) is -0.369. The molecule has 0 aromatic heterocycles. The van der Waals surface area contributed by atoms with E-state index in [0.29, 0.717) is 12.1 Å². The fourth-order valence-electron chi connectivity index (χ4n) is 1.39. The van der Waals surface area contributed by atoms with Gasteiger partial charge in [0.05, 0.1) is 12.3 Å². The largest absolute Gasteiger partial charge is 0.325 e. The van der Waals surface area contributed by atoms with Crippen molar-refractivity contribution in [2.45, 2.75) is 20.3 Å². The van der Waals surface area contributed by atoms with E-state index in [1.165, 1.54) is 0 Å². The first kappa shape index (κ1) is 16.1. The zero-order valence-corrected chi connectivity index (χ0v) is 13.3. The summed E-state index contributed by atoms with van der Waals surface area (Å²) in [5.41, 5.74) is 1.68. The zero-order valence-electron chi connectivity index (χ0n) is 10.9. The van der Waals surface area contributed by atoms with Crippen molar-refractivity contribution in [3.63, 3.8) is 0 Å². The summed E-state index contributed by atoms with van der Waals surface area (Å²) in [6.07, 6.45) is 0.516. The quantitative estimate of drug-likeness (QED) is 0.825. The number of carbonyl (C=O) groups is 1. The molecule has 0 spiro atoms. The maximum absolute atomic E-state index is 11.6. The standard InChI is InChI=1S/C12H17BrN2O3S/c1-3-6-19(17,18)14-8-12(16)15-10-5-4-9(2)11(13)7-10/h4-5,7,14H,3,6,8H2,1-2H3,(H,15,16). The molecular formula is C12H17BrN2O3S. The third kappa shape index (κ3) is 5.71. The van der Waals surface area contributed by atoms with Gasteiger partial charge in [-0.1, -0.05) is 28.9 Å². The summed E-state index contributed by atoms with van der Waals surface area (Å²) in [4.78, 5) is 11.6. The molecule has 0 heterocycles. The van der Waals surface area contributed by atoms with Gasteiger partial charge in [-0.25, -0.2) is 13.1 Å². The van der Waals surface area contributed by atoms with Gasteiger partial charge in [-0.15, -0.1) is 0 Å². The number of anilines is 1. The van der Waals surface area contributed by atoms with Crippen LogP contribution in [-0.4, -0.2) is 26.6 Å². The molecule has 1 aromatic carbocycles. The van der Waals surface area contributed by atoms with Gasteiger partial charge < -0.3 is 5.32 Å². The molecule has 1 rings (SSSR count). The molecule has 0 radical (unpaired) electrons. The smallest absolute Gasteiger partial charge is 0.239 e. The number of hydrogen-bond acceptors (Lipinski definition) is 3. The minimum atomic E-state index is -3.35. The highest BCUT2D eigenvalue weighted by Gasteiger charge is 2.11. The maximum atomic E-state index is 11.6. The van der Waals surface area contributed by atoms with E-state index in [9.17, 15) is 13.2 Å². The van der Waals surface area contributed by atoms with E-state index >= 15 is 0 Å². The van der Waals surface area contributed by atoms with Crippen molar-refractivity contribution in [3.8, 4) is 0 Å². The Morgan fingerprint density at radius 3 is 2.63 bits per heavy atom. The molecule has 1 amide bonds. The zero-order chi connectivity index (χ0) is 14.5. The molecule has 1 aromatic rings. The summed E-state index contributed by atoms with van der Waals surface area (Å²) in [7, 11) is -3.35. The van der Waals surface area contributed by atoms with E-state index in [-0.39, 0.29) is 12.3 Å². The highest BCUT2D eigenvalue weighted by Crippen LogP contribution is 2.20. The fraction of sp³-hybridized carbons (Fsp3) is 0.417. The fourth-order valence-corrected chi connectivity index (χ4v) is 2.80. The molecule has 0 saturated carbocycles. The summed E-state index contributed by atoms with van der Waals surface area (Å²) in [5, 5.41) is 2.63. The van der Waals surface area contributed by atoms with E-state index in [1.54, 1.807) is 19.1 Å². The number of rotatable bonds is 6. The molecule has 0 aliphatic carbocycles. The van der Waals surface area contributed by atoms with Crippen LogP contribution < -0.4 is 10.0 Å². The van der Waals surface area contributed by atoms with Crippen molar-refractivity contribution in [1.29, 1.82) is 0 Å². The lowest BCUT2D eigenvalue weighted by atomic mass is 10.2. The topological polar surface area (TPSA) is 75.3 Å². The van der Waals surface area contributed by atoms with Gasteiger partial charge in [0.1, 0.15) is 0 Å². The molecule has 0 atom stereocenters. The van der Waals surface area contributed by atoms with Crippen LogP contribution >= 0.6 is 15.9 Å². The maximum Gasteiger partial charge on any atom is 0.239 e. The van der Waals surface area contributed by atoms with Gasteiger partial charge in [-0.05, 0) is 31.0 Å². The number of carbonyl (C=O) groups excluding carboxylic acids is 1. The summed E-state index contributed by atoms with van der Waals surface area (Å²) in [6.45, 7) is 3.45. The first-order valence-electron chi connectivity index (χ1n) is 5.87. The van der Waals surface area contributed by atoms with Crippen molar-refractivity contribution in [2.24, 2.45) is 0 Å². The predicted molar refractivity (Wildman–Crippen MR) is 79.6 cm³/mol. The van der Waals surface area contributed by atoms with Crippen molar-refractivity contribution >= 4 is 37.5 Å². The van der Waals surface area contributed by atoms with Gasteiger partial charge in [0.25, 0.3) is 0 Å². The third-order valence-corrected chi connectivity index (χ3v) is 4.77. The molecule has 7 heteroatoms.